The second-order valence-electron chi connectivity index (χ2n) is 6.05. The number of anilines is 1. The fourth-order valence-corrected chi connectivity index (χ4v) is 3.50. The first kappa shape index (κ1) is 21.4. The highest BCUT2D eigenvalue weighted by molar-refractivity contribution is 14.0. The van der Waals surface area contributed by atoms with E-state index in [0.29, 0.717) is 12.5 Å². The highest BCUT2D eigenvalue weighted by atomic mass is 127. The predicted molar refractivity (Wildman–Crippen MR) is 121 cm³/mol. The standard InChI is InChI=1S/C18H24N6OS.HI/c19-17(23-9-11-24(12-10-23)18-21-8-13-26-18)22-14-16(25)20-7-6-15-4-2-1-3-5-15;/h1-5,8,13H,6-7,9-12,14H2,(H2,19,22)(H,20,25);1H. The molecule has 1 aromatic heterocycles. The molecule has 2 aromatic rings. The maximum atomic E-state index is 11.9. The van der Waals surface area contributed by atoms with Crippen LogP contribution in [-0.2, 0) is 11.2 Å². The van der Waals surface area contributed by atoms with Crippen LogP contribution < -0.4 is 16.0 Å². The minimum absolute atomic E-state index is 0. The van der Waals surface area contributed by atoms with Gasteiger partial charge in [0.1, 0.15) is 6.54 Å². The van der Waals surface area contributed by atoms with Gasteiger partial charge in [-0.3, -0.25) is 4.79 Å². The van der Waals surface area contributed by atoms with Gasteiger partial charge in [0.2, 0.25) is 5.91 Å². The highest BCUT2D eigenvalue weighted by Crippen LogP contribution is 2.18. The van der Waals surface area contributed by atoms with Crippen molar-refractivity contribution >= 4 is 52.3 Å². The van der Waals surface area contributed by atoms with Crippen molar-refractivity contribution in [2.45, 2.75) is 6.42 Å². The fraction of sp³-hybridized carbons (Fsp3) is 0.389. The van der Waals surface area contributed by atoms with E-state index in [2.05, 4.69) is 20.2 Å². The minimum atomic E-state index is -0.106. The molecule has 27 heavy (non-hydrogen) atoms. The summed E-state index contributed by atoms with van der Waals surface area (Å²) in [7, 11) is 0. The monoisotopic (exact) mass is 500 g/mol. The molecule has 1 fully saturated rings. The summed E-state index contributed by atoms with van der Waals surface area (Å²) in [5.74, 6) is 0.326. The predicted octanol–water partition coefficient (Wildman–Crippen LogP) is 1.56. The van der Waals surface area contributed by atoms with Gasteiger partial charge >= 0.3 is 0 Å². The van der Waals surface area contributed by atoms with Crippen LogP contribution in [0.5, 0.6) is 0 Å². The Balaban J connectivity index is 0.00000261. The van der Waals surface area contributed by atoms with Crippen molar-refractivity contribution in [1.29, 1.82) is 0 Å². The van der Waals surface area contributed by atoms with Crippen molar-refractivity contribution in [3.8, 4) is 0 Å². The number of guanidine groups is 1. The third-order valence-corrected chi connectivity index (χ3v) is 5.09. The summed E-state index contributed by atoms with van der Waals surface area (Å²) in [6, 6.07) is 10.1. The van der Waals surface area contributed by atoms with E-state index >= 15 is 0 Å². The Labute approximate surface area is 180 Å². The zero-order valence-electron chi connectivity index (χ0n) is 15.1. The summed E-state index contributed by atoms with van der Waals surface area (Å²) >= 11 is 1.64. The van der Waals surface area contributed by atoms with E-state index in [1.54, 1.807) is 11.3 Å². The first-order valence-corrected chi connectivity index (χ1v) is 9.60. The van der Waals surface area contributed by atoms with Crippen molar-refractivity contribution in [2.24, 2.45) is 10.7 Å². The molecule has 9 heteroatoms. The SMILES string of the molecule is I.NC(=NCC(=O)NCCc1ccccc1)N1CCN(c2nccs2)CC1. The van der Waals surface area contributed by atoms with Crippen LogP contribution in [0, 0.1) is 0 Å². The Morgan fingerprint density at radius 1 is 1.22 bits per heavy atom. The van der Waals surface area contributed by atoms with Gasteiger partial charge in [-0.15, -0.1) is 35.3 Å². The molecule has 1 aromatic carbocycles. The molecule has 3 N–H and O–H groups in total. The number of piperazine rings is 1. The summed E-state index contributed by atoms with van der Waals surface area (Å²) in [5, 5.41) is 5.90. The molecular formula is C18H25IN6OS. The molecule has 0 aliphatic carbocycles. The molecule has 2 heterocycles. The summed E-state index contributed by atoms with van der Waals surface area (Å²) in [5.41, 5.74) is 7.25. The van der Waals surface area contributed by atoms with Crippen LogP contribution in [-0.4, -0.2) is 61.0 Å². The van der Waals surface area contributed by atoms with Gasteiger partial charge in [0.15, 0.2) is 11.1 Å². The molecule has 3 rings (SSSR count). The van der Waals surface area contributed by atoms with Crippen LogP contribution in [0.3, 0.4) is 0 Å². The van der Waals surface area contributed by atoms with E-state index in [9.17, 15) is 4.79 Å². The number of rotatable bonds is 6. The van der Waals surface area contributed by atoms with Gasteiger partial charge in [0, 0.05) is 44.3 Å². The van der Waals surface area contributed by atoms with Gasteiger partial charge in [0.05, 0.1) is 0 Å². The lowest BCUT2D eigenvalue weighted by molar-refractivity contribution is -0.119. The molecule has 1 aliphatic heterocycles. The molecule has 7 nitrogen and oxygen atoms in total. The number of amides is 1. The van der Waals surface area contributed by atoms with E-state index in [-0.39, 0.29) is 36.4 Å². The van der Waals surface area contributed by atoms with Gasteiger partial charge < -0.3 is 20.9 Å². The maximum absolute atomic E-state index is 11.9. The lowest BCUT2D eigenvalue weighted by atomic mass is 10.1. The number of nitrogens with two attached hydrogens (primary N) is 1. The summed E-state index contributed by atoms with van der Waals surface area (Å²) in [6.45, 7) is 3.94. The average molecular weight is 500 g/mol. The summed E-state index contributed by atoms with van der Waals surface area (Å²) in [4.78, 5) is 24.7. The normalized spacial score (nSPS) is 14.6. The molecule has 0 atom stereocenters. The first-order valence-electron chi connectivity index (χ1n) is 8.72. The number of aliphatic imine (C=N–C) groups is 1. The lowest BCUT2D eigenvalue weighted by Crippen LogP contribution is -2.51. The number of thiazole rings is 1. The van der Waals surface area contributed by atoms with Crippen molar-refractivity contribution in [1.82, 2.24) is 15.2 Å². The lowest BCUT2D eigenvalue weighted by Gasteiger charge is -2.35. The summed E-state index contributed by atoms with van der Waals surface area (Å²) < 4.78 is 0. The van der Waals surface area contributed by atoms with E-state index in [1.165, 1.54) is 5.56 Å². The van der Waals surface area contributed by atoms with Gasteiger partial charge in [-0.05, 0) is 12.0 Å². The third-order valence-electron chi connectivity index (χ3n) is 4.26. The van der Waals surface area contributed by atoms with Gasteiger partial charge in [-0.25, -0.2) is 9.98 Å². The van der Waals surface area contributed by atoms with Crippen LogP contribution in [0.25, 0.3) is 0 Å². The zero-order valence-corrected chi connectivity index (χ0v) is 18.2. The smallest absolute Gasteiger partial charge is 0.241 e. The van der Waals surface area contributed by atoms with E-state index in [0.717, 1.165) is 37.7 Å². The van der Waals surface area contributed by atoms with Crippen molar-refractivity contribution in [3.63, 3.8) is 0 Å². The third kappa shape index (κ3) is 6.65. The molecule has 1 saturated heterocycles. The molecule has 0 spiro atoms. The summed E-state index contributed by atoms with van der Waals surface area (Å²) in [6.07, 6.45) is 2.63. The zero-order chi connectivity index (χ0) is 18.2. The minimum Gasteiger partial charge on any atom is -0.370 e. The van der Waals surface area contributed by atoms with Crippen LogP contribution in [0.1, 0.15) is 5.56 Å². The van der Waals surface area contributed by atoms with Gasteiger partial charge in [0.25, 0.3) is 0 Å². The highest BCUT2D eigenvalue weighted by Gasteiger charge is 2.19. The van der Waals surface area contributed by atoms with Crippen molar-refractivity contribution in [3.05, 3.63) is 47.5 Å². The van der Waals surface area contributed by atoms with Gasteiger partial charge in [-0.1, -0.05) is 30.3 Å². The molecule has 0 unspecified atom stereocenters. The van der Waals surface area contributed by atoms with E-state index < -0.39 is 0 Å². The van der Waals surface area contributed by atoms with E-state index in [1.807, 2.05) is 46.8 Å². The molecule has 1 amide bonds. The van der Waals surface area contributed by atoms with Crippen molar-refractivity contribution < 1.29 is 4.79 Å². The second kappa shape index (κ2) is 11.1. The topological polar surface area (TPSA) is 86.8 Å². The Morgan fingerprint density at radius 3 is 2.63 bits per heavy atom. The van der Waals surface area contributed by atoms with Crippen LogP contribution in [0.2, 0.25) is 0 Å². The molecule has 146 valence electrons. The Bertz CT molecular complexity index is 717. The van der Waals surface area contributed by atoms with Crippen LogP contribution in [0.15, 0.2) is 46.9 Å². The van der Waals surface area contributed by atoms with E-state index in [4.69, 9.17) is 5.73 Å². The largest absolute Gasteiger partial charge is 0.370 e. The fourth-order valence-electron chi connectivity index (χ4n) is 2.80. The Hall–Kier alpha value is -1.88. The molecule has 0 bridgehead atoms. The van der Waals surface area contributed by atoms with Crippen LogP contribution in [0.4, 0.5) is 5.13 Å². The quantitative estimate of drug-likeness (QED) is 0.357. The molecule has 0 saturated carbocycles. The molecule has 1 aliphatic rings. The number of hydrogen-bond donors (Lipinski definition) is 2. The maximum Gasteiger partial charge on any atom is 0.241 e. The number of benzene rings is 1. The average Bonchev–Trinajstić information content (AvgIpc) is 3.22. The number of carbonyl (C=O) groups excluding carboxylic acids is 1. The number of carbonyl (C=O) groups is 1. The Kier molecular flexibility index (Phi) is 8.79. The molecular weight excluding hydrogens is 475 g/mol. The number of nitrogens with one attached hydrogen (secondary N) is 1. The van der Waals surface area contributed by atoms with Crippen molar-refractivity contribution in [2.75, 3.05) is 44.2 Å². The first-order chi connectivity index (χ1) is 12.7. The number of nitrogens with zero attached hydrogens (tertiary/aromatic N) is 4. The number of aromatic nitrogens is 1. The molecule has 0 radical (unpaired) electrons. The second-order valence-corrected chi connectivity index (χ2v) is 6.92. The number of halogens is 1. The number of hydrogen-bond acceptors (Lipinski definition) is 5. The van der Waals surface area contributed by atoms with Gasteiger partial charge in [-0.2, -0.15) is 0 Å². The Morgan fingerprint density at radius 2 is 1.96 bits per heavy atom. The van der Waals surface area contributed by atoms with Crippen LogP contribution >= 0.6 is 35.3 Å².